The molecule has 0 aliphatic carbocycles. The zero-order valence-corrected chi connectivity index (χ0v) is 16.5. The van der Waals surface area contributed by atoms with Crippen LogP contribution in [-0.2, 0) is 12.6 Å². The molecule has 2 atom stereocenters. The van der Waals surface area contributed by atoms with E-state index < -0.39 is 11.6 Å². The molecule has 3 heterocycles. The van der Waals surface area contributed by atoms with Crippen LogP contribution in [0.4, 0.5) is 5.82 Å². The van der Waals surface area contributed by atoms with Crippen molar-refractivity contribution in [2.75, 3.05) is 18.0 Å². The Morgan fingerprint density at radius 1 is 1.24 bits per heavy atom. The smallest absolute Gasteiger partial charge is 0.270 e. The van der Waals surface area contributed by atoms with Gasteiger partial charge in [-0.3, -0.25) is 9.78 Å². The fourth-order valence-electron chi connectivity index (χ4n) is 4.02. The molecule has 1 amide bonds. The lowest BCUT2D eigenvalue weighted by molar-refractivity contribution is 0.0360. The number of benzene rings is 1. The Morgan fingerprint density at radius 2 is 2.03 bits per heavy atom. The summed E-state index contributed by atoms with van der Waals surface area (Å²) in [6.45, 7) is 2.75. The second-order valence-corrected chi connectivity index (χ2v) is 7.36. The van der Waals surface area contributed by atoms with E-state index in [2.05, 4.69) is 20.3 Å². The Kier molecular flexibility index (Phi) is 5.02. The summed E-state index contributed by atoms with van der Waals surface area (Å²) in [5.41, 5.74) is 1.11. The normalized spacial score (nSPS) is 21.8. The molecule has 2 N–H and O–H groups in total. The Bertz CT molecular complexity index is 971. The highest BCUT2D eigenvalue weighted by Gasteiger charge is 2.45. The average molecular weight is 392 g/mol. The molecule has 0 saturated carbocycles. The van der Waals surface area contributed by atoms with Gasteiger partial charge in [-0.1, -0.05) is 30.3 Å². The van der Waals surface area contributed by atoms with Crippen molar-refractivity contribution in [1.82, 2.24) is 24.8 Å². The largest absolute Gasteiger partial charge is 0.388 e. The van der Waals surface area contributed by atoms with E-state index in [-0.39, 0.29) is 5.91 Å². The molecule has 0 spiro atoms. The first kappa shape index (κ1) is 19.1. The number of amides is 1. The van der Waals surface area contributed by atoms with Crippen LogP contribution in [-0.4, -0.2) is 49.7 Å². The van der Waals surface area contributed by atoms with Gasteiger partial charge in [-0.15, -0.1) is 0 Å². The number of carbonyl (C=O) groups excluding carboxylic acids is 1. The number of hydrogen-bond donors (Lipinski definition) is 2. The number of nitrogens with one attached hydrogen (secondary N) is 1. The molecule has 3 aromatic rings. The van der Waals surface area contributed by atoms with Crippen molar-refractivity contribution in [2.45, 2.75) is 25.0 Å². The van der Waals surface area contributed by atoms with Gasteiger partial charge in [-0.25, -0.2) is 9.97 Å². The molecule has 2 aromatic heterocycles. The number of aliphatic hydroxyl groups excluding tert-OH is 1. The van der Waals surface area contributed by atoms with Crippen LogP contribution in [0.25, 0.3) is 0 Å². The van der Waals surface area contributed by atoms with Gasteiger partial charge in [0.2, 0.25) is 0 Å². The van der Waals surface area contributed by atoms with E-state index in [9.17, 15) is 9.90 Å². The van der Waals surface area contributed by atoms with Gasteiger partial charge in [-0.2, -0.15) is 0 Å². The molecule has 1 aliphatic rings. The molecule has 29 heavy (non-hydrogen) atoms. The number of aryl methyl sites for hydroxylation is 2. The van der Waals surface area contributed by atoms with Crippen molar-refractivity contribution >= 4 is 11.7 Å². The highest BCUT2D eigenvalue weighted by molar-refractivity contribution is 5.94. The molecule has 0 bridgehead atoms. The predicted molar refractivity (Wildman–Crippen MR) is 108 cm³/mol. The van der Waals surface area contributed by atoms with Gasteiger partial charge in [0.25, 0.3) is 5.91 Å². The minimum absolute atomic E-state index is 0.252. The number of β-amino-alcohol motifs (C(OH)–C–C–N with tert-alkyl or cyclic N) is 1. The van der Waals surface area contributed by atoms with Crippen molar-refractivity contribution in [3.05, 3.63) is 72.2 Å². The van der Waals surface area contributed by atoms with Crippen LogP contribution < -0.4 is 10.2 Å². The second kappa shape index (κ2) is 7.63. The van der Waals surface area contributed by atoms with Gasteiger partial charge in [-0.05, 0) is 18.9 Å². The van der Waals surface area contributed by atoms with E-state index >= 15 is 0 Å². The molecule has 8 nitrogen and oxygen atoms in total. The fourth-order valence-corrected chi connectivity index (χ4v) is 4.02. The van der Waals surface area contributed by atoms with Gasteiger partial charge in [0.05, 0.1) is 29.9 Å². The summed E-state index contributed by atoms with van der Waals surface area (Å²) in [5.74, 6) is 0.459. The maximum Gasteiger partial charge on any atom is 0.270 e. The van der Waals surface area contributed by atoms with E-state index in [1.165, 1.54) is 0 Å². The number of hydrogen-bond acceptors (Lipinski definition) is 6. The van der Waals surface area contributed by atoms with Crippen LogP contribution in [0.1, 0.15) is 28.2 Å². The number of anilines is 1. The monoisotopic (exact) mass is 392 g/mol. The first-order chi connectivity index (χ1) is 14.0. The highest BCUT2D eigenvalue weighted by Crippen LogP contribution is 2.35. The van der Waals surface area contributed by atoms with Crippen LogP contribution in [0.15, 0.2) is 55.2 Å². The summed E-state index contributed by atoms with van der Waals surface area (Å²) in [7, 11) is 1.79. The van der Waals surface area contributed by atoms with Crippen LogP contribution >= 0.6 is 0 Å². The topological polar surface area (TPSA) is 96.2 Å². The summed E-state index contributed by atoms with van der Waals surface area (Å²) >= 11 is 0. The Balaban J connectivity index is 1.67. The quantitative estimate of drug-likeness (QED) is 0.697. The Labute approximate surface area is 169 Å². The second-order valence-electron chi connectivity index (χ2n) is 7.36. The molecule has 1 aromatic carbocycles. The third kappa shape index (κ3) is 3.47. The third-order valence-corrected chi connectivity index (χ3v) is 5.57. The van der Waals surface area contributed by atoms with Gasteiger partial charge in [0.1, 0.15) is 11.5 Å². The molecule has 0 unspecified atom stereocenters. The van der Waals surface area contributed by atoms with E-state index in [1.807, 2.05) is 35.2 Å². The number of imidazole rings is 1. The minimum atomic E-state index is -0.909. The molecule has 1 saturated heterocycles. The van der Waals surface area contributed by atoms with Gasteiger partial charge in [0, 0.05) is 32.5 Å². The van der Waals surface area contributed by atoms with Gasteiger partial charge >= 0.3 is 0 Å². The first-order valence-electron chi connectivity index (χ1n) is 9.56. The van der Waals surface area contributed by atoms with Crippen molar-refractivity contribution in [3.63, 3.8) is 0 Å². The molecule has 4 rings (SSSR count). The summed E-state index contributed by atoms with van der Waals surface area (Å²) in [6, 6.07) is 9.64. The van der Waals surface area contributed by atoms with Crippen LogP contribution in [0.5, 0.6) is 0 Å². The number of aromatic nitrogens is 4. The van der Waals surface area contributed by atoms with E-state index in [0.29, 0.717) is 36.7 Å². The lowest BCUT2D eigenvalue weighted by Crippen LogP contribution is -2.62. The average Bonchev–Trinajstić information content (AvgIpc) is 3.09. The van der Waals surface area contributed by atoms with E-state index in [4.69, 9.17) is 0 Å². The summed E-state index contributed by atoms with van der Waals surface area (Å²) in [4.78, 5) is 27.8. The van der Waals surface area contributed by atoms with Crippen molar-refractivity contribution in [2.24, 2.45) is 7.05 Å². The zero-order chi connectivity index (χ0) is 20.4. The molecule has 8 heteroatoms. The van der Waals surface area contributed by atoms with Crippen LogP contribution in [0.3, 0.4) is 0 Å². The summed E-state index contributed by atoms with van der Waals surface area (Å²) in [6.07, 6.45) is 6.24. The number of rotatable bonds is 4. The fraction of sp³-hybridized carbons (Fsp3) is 0.333. The van der Waals surface area contributed by atoms with Gasteiger partial charge < -0.3 is 19.9 Å². The number of carbonyl (C=O) groups is 1. The maximum atomic E-state index is 13.2. The summed E-state index contributed by atoms with van der Waals surface area (Å²) < 4.78 is 1.70. The maximum absolute atomic E-state index is 13.2. The number of aliphatic hydroxyl groups is 1. The Hall–Kier alpha value is -3.26. The van der Waals surface area contributed by atoms with Crippen LogP contribution in [0, 0.1) is 6.92 Å². The third-order valence-electron chi connectivity index (χ3n) is 5.57. The molecule has 1 aliphatic heterocycles. The molecule has 1 fully saturated rings. The molecule has 0 radical (unpaired) electrons. The molecule has 150 valence electrons. The first-order valence-corrected chi connectivity index (χ1v) is 9.56. The summed E-state index contributed by atoms with van der Waals surface area (Å²) in [5, 5.41) is 14.4. The number of piperidine rings is 1. The number of nitrogens with zero attached hydrogens (tertiary/aromatic N) is 5. The molecular weight excluding hydrogens is 368 g/mol. The highest BCUT2D eigenvalue weighted by atomic mass is 16.3. The minimum Gasteiger partial charge on any atom is -0.388 e. The van der Waals surface area contributed by atoms with Crippen molar-refractivity contribution < 1.29 is 9.90 Å². The van der Waals surface area contributed by atoms with Crippen molar-refractivity contribution in [1.29, 1.82) is 0 Å². The Morgan fingerprint density at radius 3 is 2.66 bits per heavy atom. The van der Waals surface area contributed by atoms with Gasteiger partial charge in [0.15, 0.2) is 0 Å². The lowest BCUT2D eigenvalue weighted by atomic mass is 9.78. The van der Waals surface area contributed by atoms with E-state index in [1.54, 1.807) is 43.5 Å². The molecular formula is C21H24N6O2. The lowest BCUT2D eigenvalue weighted by Gasteiger charge is -2.46. The van der Waals surface area contributed by atoms with Crippen LogP contribution in [0.2, 0.25) is 0 Å². The van der Waals surface area contributed by atoms with Crippen molar-refractivity contribution in [3.8, 4) is 0 Å². The SMILES string of the molecule is Cc1ncn(C)c1C(=O)N[C@@]1(c2ccccc2)CCN(c2cnccn2)C[C@H]1O. The standard InChI is InChI=1S/C21H24N6O2/c1-15-19(26(2)14-24-15)20(29)25-21(16-6-4-3-5-7-16)8-11-27(13-17(21)28)18-12-22-9-10-23-18/h3-7,9-10,12,14,17,28H,8,11,13H2,1-2H3,(H,25,29)/t17-,21-/m1/s1. The predicted octanol–water partition coefficient (Wildman–Crippen LogP) is 1.42. The van der Waals surface area contributed by atoms with E-state index in [0.717, 1.165) is 5.56 Å². The zero-order valence-electron chi connectivity index (χ0n) is 16.5.